The highest BCUT2D eigenvalue weighted by Gasteiger charge is 2.08. The van der Waals surface area contributed by atoms with Gasteiger partial charge < -0.3 is 5.73 Å². The number of hydrogen-bond donors (Lipinski definition) is 1. The molecule has 0 fully saturated rings. The minimum atomic E-state index is 0.00275. The third-order valence-electron chi connectivity index (χ3n) is 3.07. The summed E-state index contributed by atoms with van der Waals surface area (Å²) in [6, 6.07) is 9.83. The predicted octanol–water partition coefficient (Wildman–Crippen LogP) is 2.69. The van der Waals surface area contributed by atoms with Crippen molar-refractivity contribution in [2.24, 2.45) is 5.73 Å². The van der Waals surface area contributed by atoms with Crippen molar-refractivity contribution in [3.63, 3.8) is 0 Å². The van der Waals surface area contributed by atoms with Crippen LogP contribution in [0.5, 0.6) is 0 Å². The van der Waals surface area contributed by atoms with Gasteiger partial charge in [0, 0.05) is 23.3 Å². The van der Waals surface area contributed by atoms with E-state index in [9.17, 15) is 0 Å². The smallest absolute Gasteiger partial charge is 0.200 e. The zero-order chi connectivity index (χ0) is 13.9. The number of aromatic nitrogens is 4. The summed E-state index contributed by atoms with van der Waals surface area (Å²) in [5, 5.41) is 9.14. The normalized spacial score (nSPS) is 12.7. The number of hydrogen-bond acceptors (Lipinski definition) is 5. The van der Waals surface area contributed by atoms with Gasteiger partial charge >= 0.3 is 0 Å². The minimum Gasteiger partial charge on any atom is -0.323 e. The number of nitrogens with two attached hydrogens (primary N) is 1. The Balaban J connectivity index is 1.84. The van der Waals surface area contributed by atoms with Crippen LogP contribution in [-0.4, -0.2) is 19.6 Å². The molecule has 0 aliphatic rings. The second kappa shape index (κ2) is 5.60. The van der Waals surface area contributed by atoms with Crippen LogP contribution in [-0.2, 0) is 0 Å². The Bertz CT molecular complexity index is 707. The van der Waals surface area contributed by atoms with Crippen LogP contribution in [0, 0.1) is 0 Å². The molecule has 0 saturated heterocycles. The highest BCUT2D eigenvalue weighted by Crippen LogP contribution is 2.26. The second-order valence-electron chi connectivity index (χ2n) is 4.45. The molecular formula is C14H15N5S. The molecule has 3 aromatic heterocycles. The molecule has 0 spiro atoms. The molecule has 0 aliphatic heterocycles. The Morgan fingerprint density at radius 3 is 2.90 bits per heavy atom. The Labute approximate surface area is 121 Å². The summed E-state index contributed by atoms with van der Waals surface area (Å²) in [6.07, 6.45) is 4.67. The zero-order valence-corrected chi connectivity index (χ0v) is 11.9. The first kappa shape index (κ1) is 13.1. The third-order valence-corrected chi connectivity index (χ3v) is 4.01. The molecule has 6 heteroatoms. The first-order valence-corrected chi connectivity index (χ1v) is 7.28. The van der Waals surface area contributed by atoms with Crippen LogP contribution >= 0.6 is 11.8 Å². The molecular weight excluding hydrogens is 270 g/mol. The van der Waals surface area contributed by atoms with Gasteiger partial charge in [-0.1, -0.05) is 13.0 Å². The maximum absolute atomic E-state index is 5.96. The molecule has 102 valence electrons. The molecule has 3 rings (SSSR count). The van der Waals surface area contributed by atoms with Gasteiger partial charge in [0.05, 0.1) is 5.69 Å². The first-order chi connectivity index (χ1) is 9.78. The summed E-state index contributed by atoms with van der Waals surface area (Å²) in [5.41, 5.74) is 7.72. The topological polar surface area (TPSA) is 69.1 Å². The van der Waals surface area contributed by atoms with Gasteiger partial charge in [-0.25, -0.2) is 0 Å². The minimum absolute atomic E-state index is 0.00275. The Kier molecular flexibility index (Phi) is 3.66. The lowest BCUT2D eigenvalue weighted by atomic mass is 10.1. The van der Waals surface area contributed by atoms with Crippen LogP contribution in [0.1, 0.15) is 25.1 Å². The molecule has 0 aliphatic carbocycles. The van der Waals surface area contributed by atoms with Crippen molar-refractivity contribution in [3.8, 4) is 0 Å². The molecule has 0 bridgehead atoms. The van der Waals surface area contributed by atoms with Crippen LogP contribution in [0.25, 0.3) is 5.65 Å². The lowest BCUT2D eigenvalue weighted by Crippen LogP contribution is -2.10. The van der Waals surface area contributed by atoms with Gasteiger partial charge in [0.2, 0.25) is 0 Å². The maximum atomic E-state index is 5.96. The van der Waals surface area contributed by atoms with E-state index in [1.54, 1.807) is 0 Å². The van der Waals surface area contributed by atoms with Crippen LogP contribution in [0.15, 0.2) is 52.8 Å². The van der Waals surface area contributed by atoms with E-state index < -0.39 is 0 Å². The van der Waals surface area contributed by atoms with E-state index in [-0.39, 0.29) is 6.04 Å². The summed E-state index contributed by atoms with van der Waals surface area (Å²) in [7, 11) is 0. The van der Waals surface area contributed by atoms with Crippen molar-refractivity contribution in [2.45, 2.75) is 29.4 Å². The molecule has 0 saturated carbocycles. The van der Waals surface area contributed by atoms with E-state index in [0.717, 1.165) is 27.8 Å². The molecule has 2 N–H and O–H groups in total. The van der Waals surface area contributed by atoms with Crippen molar-refractivity contribution < 1.29 is 0 Å². The van der Waals surface area contributed by atoms with Gasteiger partial charge in [0.15, 0.2) is 10.8 Å². The molecule has 0 unspecified atom stereocenters. The summed E-state index contributed by atoms with van der Waals surface area (Å²) in [5.74, 6) is 0. The van der Waals surface area contributed by atoms with E-state index in [1.165, 1.54) is 11.8 Å². The molecule has 5 nitrogen and oxygen atoms in total. The van der Waals surface area contributed by atoms with Crippen LogP contribution < -0.4 is 5.73 Å². The molecule has 0 radical (unpaired) electrons. The van der Waals surface area contributed by atoms with Gasteiger partial charge in [0.25, 0.3) is 0 Å². The van der Waals surface area contributed by atoms with Crippen molar-refractivity contribution >= 4 is 17.4 Å². The van der Waals surface area contributed by atoms with Crippen LogP contribution in [0.3, 0.4) is 0 Å². The van der Waals surface area contributed by atoms with Crippen molar-refractivity contribution in [2.75, 3.05) is 0 Å². The first-order valence-electron chi connectivity index (χ1n) is 6.47. The Hall–Kier alpha value is -1.92. The van der Waals surface area contributed by atoms with E-state index in [0.29, 0.717) is 0 Å². The number of pyridine rings is 2. The van der Waals surface area contributed by atoms with Crippen molar-refractivity contribution in [3.05, 3.63) is 48.4 Å². The van der Waals surface area contributed by atoms with Crippen LogP contribution in [0.4, 0.5) is 0 Å². The summed E-state index contributed by atoms with van der Waals surface area (Å²) in [6.45, 7) is 2.05. The molecule has 3 aromatic rings. The van der Waals surface area contributed by atoms with Gasteiger partial charge in [-0.15, -0.1) is 10.2 Å². The van der Waals surface area contributed by atoms with E-state index in [4.69, 9.17) is 5.73 Å². The summed E-state index contributed by atoms with van der Waals surface area (Å²) >= 11 is 1.54. The van der Waals surface area contributed by atoms with E-state index in [1.807, 2.05) is 47.1 Å². The number of rotatable bonds is 4. The van der Waals surface area contributed by atoms with Crippen LogP contribution in [0.2, 0.25) is 0 Å². The fraction of sp³-hybridized carbons (Fsp3) is 0.214. The van der Waals surface area contributed by atoms with Gasteiger partial charge in [-0.3, -0.25) is 9.38 Å². The highest BCUT2D eigenvalue weighted by atomic mass is 32.2. The quantitative estimate of drug-likeness (QED) is 0.798. The van der Waals surface area contributed by atoms with E-state index in [2.05, 4.69) is 22.1 Å². The SMILES string of the molecule is CC[C@H](N)c1ccc(Sc2nnc3ccccn23)cn1. The predicted molar refractivity (Wildman–Crippen MR) is 78.6 cm³/mol. The lowest BCUT2D eigenvalue weighted by Gasteiger charge is -2.08. The third kappa shape index (κ3) is 2.52. The monoisotopic (exact) mass is 285 g/mol. The van der Waals surface area contributed by atoms with Crippen molar-refractivity contribution in [1.82, 2.24) is 19.6 Å². The fourth-order valence-electron chi connectivity index (χ4n) is 1.88. The Morgan fingerprint density at radius 1 is 1.25 bits per heavy atom. The van der Waals surface area contributed by atoms with Crippen molar-refractivity contribution in [1.29, 1.82) is 0 Å². The molecule has 0 aromatic carbocycles. The maximum Gasteiger partial charge on any atom is 0.200 e. The second-order valence-corrected chi connectivity index (χ2v) is 5.49. The number of fused-ring (bicyclic) bond motifs is 1. The van der Waals surface area contributed by atoms with Gasteiger partial charge in [-0.2, -0.15) is 0 Å². The molecule has 20 heavy (non-hydrogen) atoms. The zero-order valence-electron chi connectivity index (χ0n) is 11.1. The standard InChI is InChI=1S/C14H15N5S/c1-2-11(15)12-7-6-10(9-16-12)20-14-18-17-13-5-3-4-8-19(13)14/h3-9,11H,2,15H2,1H3/t11-/m0/s1. The molecule has 0 amide bonds. The highest BCUT2D eigenvalue weighted by molar-refractivity contribution is 7.99. The lowest BCUT2D eigenvalue weighted by molar-refractivity contribution is 0.674. The van der Waals surface area contributed by atoms with Gasteiger partial charge in [-0.05, 0) is 42.4 Å². The summed E-state index contributed by atoms with van der Waals surface area (Å²) < 4.78 is 1.95. The Morgan fingerprint density at radius 2 is 2.15 bits per heavy atom. The largest absolute Gasteiger partial charge is 0.323 e. The average Bonchev–Trinajstić information content (AvgIpc) is 2.91. The fourth-order valence-corrected chi connectivity index (χ4v) is 2.66. The van der Waals surface area contributed by atoms with Gasteiger partial charge in [0.1, 0.15) is 0 Å². The average molecular weight is 285 g/mol. The summed E-state index contributed by atoms with van der Waals surface area (Å²) in [4.78, 5) is 5.43. The molecule has 3 heterocycles. The number of nitrogens with zero attached hydrogens (tertiary/aromatic N) is 4. The molecule has 1 atom stereocenters. The van der Waals surface area contributed by atoms with E-state index >= 15 is 0 Å².